The molecule has 2 fully saturated rings. The van der Waals surface area contributed by atoms with Gasteiger partial charge in [-0.3, -0.25) is 0 Å². The van der Waals surface area contributed by atoms with E-state index >= 15 is 0 Å². The van der Waals surface area contributed by atoms with Crippen molar-refractivity contribution in [2.45, 2.75) is 36.5 Å². The fourth-order valence-corrected chi connectivity index (χ4v) is 2.56. The van der Waals surface area contributed by atoms with Gasteiger partial charge in [-0.25, -0.2) is 0 Å². The Morgan fingerprint density at radius 3 is 2.62 bits per heavy atom. The van der Waals surface area contributed by atoms with Gasteiger partial charge in [0.2, 0.25) is 0 Å². The molecule has 1 saturated heterocycles. The molecule has 1 saturated carbocycles. The van der Waals surface area contributed by atoms with Crippen LogP contribution in [0.2, 0.25) is 0 Å². The summed E-state index contributed by atoms with van der Waals surface area (Å²) >= 11 is 2.03. The Morgan fingerprint density at radius 1 is 1.38 bits per heavy atom. The molecule has 0 spiro atoms. The SMILES string of the molecule is CSC1(CNC2CCOCC2)CC1. The first-order valence-electron chi connectivity index (χ1n) is 5.21. The molecule has 0 aromatic carbocycles. The summed E-state index contributed by atoms with van der Waals surface area (Å²) < 4.78 is 5.94. The molecule has 1 aliphatic heterocycles. The van der Waals surface area contributed by atoms with E-state index < -0.39 is 0 Å². The Kier molecular flexibility index (Phi) is 3.17. The minimum atomic E-state index is 0.609. The van der Waals surface area contributed by atoms with Gasteiger partial charge in [0.25, 0.3) is 0 Å². The lowest BCUT2D eigenvalue weighted by Crippen LogP contribution is -2.39. The molecule has 13 heavy (non-hydrogen) atoms. The molecule has 1 aliphatic carbocycles. The van der Waals surface area contributed by atoms with E-state index in [2.05, 4.69) is 11.6 Å². The van der Waals surface area contributed by atoms with Crippen molar-refractivity contribution in [3.63, 3.8) is 0 Å². The molecular weight excluding hydrogens is 182 g/mol. The first-order valence-corrected chi connectivity index (χ1v) is 6.43. The Hall–Kier alpha value is 0.270. The van der Waals surface area contributed by atoms with Gasteiger partial charge in [-0.2, -0.15) is 11.8 Å². The van der Waals surface area contributed by atoms with Crippen LogP contribution in [0.5, 0.6) is 0 Å². The number of hydrogen-bond donors (Lipinski definition) is 1. The number of ether oxygens (including phenoxy) is 1. The molecule has 0 aromatic heterocycles. The predicted molar refractivity (Wildman–Crippen MR) is 57.3 cm³/mol. The first kappa shape index (κ1) is 9.81. The van der Waals surface area contributed by atoms with Gasteiger partial charge in [-0.1, -0.05) is 0 Å². The molecule has 1 N–H and O–H groups in total. The van der Waals surface area contributed by atoms with Crippen LogP contribution < -0.4 is 5.32 Å². The zero-order chi connectivity index (χ0) is 9.15. The highest BCUT2D eigenvalue weighted by Gasteiger charge is 2.41. The zero-order valence-corrected chi connectivity index (χ0v) is 9.16. The van der Waals surface area contributed by atoms with E-state index in [1.165, 1.54) is 32.2 Å². The van der Waals surface area contributed by atoms with Gasteiger partial charge >= 0.3 is 0 Å². The van der Waals surface area contributed by atoms with Crippen LogP contribution in [0.25, 0.3) is 0 Å². The molecule has 2 rings (SSSR count). The summed E-state index contributed by atoms with van der Waals surface area (Å²) in [4.78, 5) is 0. The zero-order valence-electron chi connectivity index (χ0n) is 8.34. The molecule has 0 amide bonds. The van der Waals surface area contributed by atoms with E-state index in [0.29, 0.717) is 4.75 Å². The monoisotopic (exact) mass is 201 g/mol. The highest BCUT2D eigenvalue weighted by Crippen LogP contribution is 2.46. The second-order valence-corrected chi connectivity index (χ2v) is 5.43. The number of nitrogens with one attached hydrogen (secondary N) is 1. The molecule has 0 bridgehead atoms. The van der Waals surface area contributed by atoms with Gasteiger partial charge in [0.1, 0.15) is 0 Å². The average molecular weight is 201 g/mol. The fraction of sp³-hybridized carbons (Fsp3) is 1.00. The standard InChI is InChI=1S/C10H19NOS/c1-13-10(4-5-10)8-11-9-2-6-12-7-3-9/h9,11H,2-8H2,1H3. The van der Waals surface area contributed by atoms with Crippen LogP contribution >= 0.6 is 11.8 Å². The molecule has 0 atom stereocenters. The lowest BCUT2D eigenvalue weighted by Gasteiger charge is -2.25. The van der Waals surface area contributed by atoms with Crippen LogP contribution in [0.3, 0.4) is 0 Å². The molecule has 2 aliphatic rings. The van der Waals surface area contributed by atoms with Crippen LogP contribution in [-0.2, 0) is 4.74 Å². The maximum absolute atomic E-state index is 5.33. The van der Waals surface area contributed by atoms with E-state index in [1.54, 1.807) is 0 Å². The van der Waals surface area contributed by atoms with Crippen molar-refractivity contribution in [2.75, 3.05) is 26.0 Å². The Morgan fingerprint density at radius 2 is 2.08 bits per heavy atom. The summed E-state index contributed by atoms with van der Waals surface area (Å²) in [7, 11) is 0. The summed E-state index contributed by atoms with van der Waals surface area (Å²) in [5.74, 6) is 0. The molecule has 0 radical (unpaired) electrons. The molecule has 76 valence electrons. The van der Waals surface area contributed by atoms with Crippen LogP contribution in [0.15, 0.2) is 0 Å². The van der Waals surface area contributed by atoms with E-state index in [-0.39, 0.29) is 0 Å². The van der Waals surface area contributed by atoms with E-state index in [0.717, 1.165) is 19.3 Å². The van der Waals surface area contributed by atoms with Crippen molar-refractivity contribution in [3.05, 3.63) is 0 Å². The van der Waals surface area contributed by atoms with Gasteiger partial charge < -0.3 is 10.1 Å². The summed E-state index contributed by atoms with van der Waals surface area (Å²) in [6.45, 7) is 3.10. The number of thioether (sulfide) groups is 1. The third-order valence-electron chi connectivity index (χ3n) is 3.17. The number of hydrogen-bond acceptors (Lipinski definition) is 3. The van der Waals surface area contributed by atoms with Gasteiger partial charge in [-0.15, -0.1) is 0 Å². The summed E-state index contributed by atoms with van der Waals surface area (Å²) in [6.07, 6.45) is 7.45. The third kappa shape index (κ3) is 2.61. The second kappa shape index (κ2) is 4.20. The maximum atomic E-state index is 5.33. The van der Waals surface area contributed by atoms with Crippen LogP contribution in [0, 0.1) is 0 Å². The minimum absolute atomic E-state index is 0.609. The predicted octanol–water partition coefficient (Wildman–Crippen LogP) is 1.65. The Balaban J connectivity index is 1.66. The molecule has 2 nitrogen and oxygen atoms in total. The molecule has 0 aromatic rings. The normalized spacial score (nSPS) is 27.5. The van der Waals surface area contributed by atoms with Crippen molar-refractivity contribution in [2.24, 2.45) is 0 Å². The fourth-order valence-electron chi connectivity index (χ4n) is 1.82. The topological polar surface area (TPSA) is 21.3 Å². The molecule has 3 heteroatoms. The molecular formula is C10H19NOS. The van der Waals surface area contributed by atoms with Crippen molar-refractivity contribution in [1.82, 2.24) is 5.32 Å². The Labute approximate surface area is 84.8 Å². The largest absolute Gasteiger partial charge is 0.381 e. The van der Waals surface area contributed by atoms with E-state index in [9.17, 15) is 0 Å². The quantitative estimate of drug-likeness (QED) is 0.747. The lowest BCUT2D eigenvalue weighted by atomic mass is 10.1. The van der Waals surface area contributed by atoms with Crippen LogP contribution in [0.1, 0.15) is 25.7 Å². The van der Waals surface area contributed by atoms with Crippen LogP contribution in [-0.4, -0.2) is 36.8 Å². The lowest BCUT2D eigenvalue weighted by molar-refractivity contribution is 0.0780. The van der Waals surface area contributed by atoms with Crippen LogP contribution in [0.4, 0.5) is 0 Å². The Bertz CT molecular complexity index is 164. The summed E-state index contributed by atoms with van der Waals surface area (Å²) in [5, 5.41) is 3.67. The first-order chi connectivity index (χ1) is 6.35. The maximum Gasteiger partial charge on any atom is 0.0480 e. The minimum Gasteiger partial charge on any atom is -0.381 e. The highest BCUT2D eigenvalue weighted by molar-refractivity contribution is 8.00. The third-order valence-corrected chi connectivity index (χ3v) is 4.59. The van der Waals surface area contributed by atoms with Crippen molar-refractivity contribution < 1.29 is 4.74 Å². The van der Waals surface area contributed by atoms with Crippen molar-refractivity contribution >= 4 is 11.8 Å². The van der Waals surface area contributed by atoms with Gasteiger partial charge in [0.05, 0.1) is 0 Å². The van der Waals surface area contributed by atoms with Gasteiger partial charge in [0.15, 0.2) is 0 Å². The summed E-state index contributed by atoms with van der Waals surface area (Å²) in [6, 6.07) is 0.721. The average Bonchev–Trinajstić information content (AvgIpc) is 2.97. The molecule has 1 heterocycles. The van der Waals surface area contributed by atoms with Crippen molar-refractivity contribution in [1.29, 1.82) is 0 Å². The van der Waals surface area contributed by atoms with Gasteiger partial charge in [-0.05, 0) is 31.9 Å². The second-order valence-electron chi connectivity index (χ2n) is 4.15. The summed E-state index contributed by atoms with van der Waals surface area (Å²) in [5.41, 5.74) is 0. The molecule has 0 unspecified atom stereocenters. The van der Waals surface area contributed by atoms with E-state index in [1.807, 2.05) is 11.8 Å². The van der Waals surface area contributed by atoms with E-state index in [4.69, 9.17) is 4.74 Å². The van der Waals surface area contributed by atoms with Gasteiger partial charge in [0, 0.05) is 30.5 Å². The van der Waals surface area contributed by atoms with Crippen molar-refractivity contribution in [3.8, 4) is 0 Å². The highest BCUT2D eigenvalue weighted by atomic mass is 32.2. The smallest absolute Gasteiger partial charge is 0.0480 e. The number of rotatable bonds is 4.